The lowest BCUT2D eigenvalue weighted by atomic mass is 10.1. The number of aromatic nitrogens is 5. The van der Waals surface area contributed by atoms with Gasteiger partial charge in [0.05, 0.1) is 17.6 Å². The van der Waals surface area contributed by atoms with Crippen LogP contribution in [0.3, 0.4) is 0 Å². The molecule has 1 aliphatic rings. The summed E-state index contributed by atoms with van der Waals surface area (Å²) < 4.78 is 1.95. The highest BCUT2D eigenvalue weighted by Gasteiger charge is 2.09. The van der Waals surface area contributed by atoms with Gasteiger partial charge < -0.3 is 20.9 Å². The van der Waals surface area contributed by atoms with Gasteiger partial charge in [-0.05, 0) is 76.3 Å². The van der Waals surface area contributed by atoms with Gasteiger partial charge in [-0.3, -0.25) is 14.6 Å². The van der Waals surface area contributed by atoms with E-state index >= 15 is 0 Å². The van der Waals surface area contributed by atoms with Crippen LogP contribution in [0.15, 0.2) is 48.9 Å². The van der Waals surface area contributed by atoms with Gasteiger partial charge in [0, 0.05) is 50.7 Å². The van der Waals surface area contributed by atoms with Crippen LogP contribution in [0.2, 0.25) is 0 Å². The Morgan fingerprint density at radius 2 is 1.56 bits per heavy atom. The zero-order chi connectivity index (χ0) is 23.3. The first kappa shape index (κ1) is 24.4. The molecule has 0 aliphatic carbocycles. The van der Waals surface area contributed by atoms with Crippen molar-refractivity contribution in [1.29, 1.82) is 0 Å². The summed E-state index contributed by atoms with van der Waals surface area (Å²) in [5.74, 6) is 0. The Labute approximate surface area is 202 Å². The summed E-state index contributed by atoms with van der Waals surface area (Å²) in [5.41, 5.74) is 3.57. The minimum atomic E-state index is 0.841. The van der Waals surface area contributed by atoms with Crippen LogP contribution in [0.4, 0.5) is 0 Å². The summed E-state index contributed by atoms with van der Waals surface area (Å²) in [7, 11) is 0. The van der Waals surface area contributed by atoms with Gasteiger partial charge in [-0.25, -0.2) is 0 Å². The summed E-state index contributed by atoms with van der Waals surface area (Å²) in [6, 6.07) is 9.84. The van der Waals surface area contributed by atoms with Crippen LogP contribution in [0.5, 0.6) is 0 Å². The topological polar surface area (TPSA) is 95.8 Å². The van der Waals surface area contributed by atoms with Gasteiger partial charge in [-0.15, -0.1) is 5.10 Å². The van der Waals surface area contributed by atoms with Crippen molar-refractivity contribution in [2.24, 2.45) is 0 Å². The third kappa shape index (κ3) is 7.95. The van der Waals surface area contributed by atoms with Gasteiger partial charge in [0.1, 0.15) is 5.69 Å². The second-order valence-corrected chi connectivity index (χ2v) is 8.66. The highest BCUT2D eigenvalue weighted by molar-refractivity contribution is 5.65. The van der Waals surface area contributed by atoms with Gasteiger partial charge in [-0.2, -0.15) is 0 Å². The Hall–Kier alpha value is -2.72. The maximum absolute atomic E-state index is 4.46. The molecular formula is C25H37N9. The molecule has 0 amide bonds. The van der Waals surface area contributed by atoms with E-state index in [0.717, 1.165) is 94.5 Å². The fourth-order valence-electron chi connectivity index (χ4n) is 4.13. The minimum absolute atomic E-state index is 0.841. The van der Waals surface area contributed by atoms with E-state index in [1.54, 1.807) is 12.4 Å². The molecule has 1 fully saturated rings. The maximum Gasteiger partial charge on any atom is 0.113 e. The zero-order valence-electron chi connectivity index (χ0n) is 20.0. The average molecular weight is 464 g/mol. The Balaban J connectivity index is 1.27. The van der Waals surface area contributed by atoms with Crippen LogP contribution in [0.25, 0.3) is 22.6 Å². The van der Waals surface area contributed by atoms with E-state index < -0.39 is 0 Å². The normalized spacial score (nSPS) is 17.3. The fourth-order valence-corrected chi connectivity index (χ4v) is 4.13. The van der Waals surface area contributed by atoms with Gasteiger partial charge in [0.25, 0.3) is 0 Å². The van der Waals surface area contributed by atoms with Crippen molar-refractivity contribution in [3.8, 4) is 22.6 Å². The summed E-state index contributed by atoms with van der Waals surface area (Å²) >= 11 is 0. The standard InChI is InChI=1S/C25H37N9/c1-2-11-29-23(6-1)24-20-22(7-12-30-24)25-21-34(32-31-25)18-5-17-33-16-4-10-27-14-13-26-8-3-9-28-15-19-33/h1-2,6-7,11-12,20-21,26-28H,3-5,8-10,13-19H2. The summed E-state index contributed by atoms with van der Waals surface area (Å²) in [4.78, 5) is 11.4. The first-order chi connectivity index (χ1) is 16.9. The molecule has 9 heteroatoms. The van der Waals surface area contributed by atoms with Crippen molar-refractivity contribution in [3.05, 3.63) is 48.9 Å². The quantitative estimate of drug-likeness (QED) is 0.508. The lowest BCUT2D eigenvalue weighted by molar-refractivity contribution is 0.258. The highest BCUT2D eigenvalue weighted by Crippen LogP contribution is 2.21. The molecule has 0 unspecified atom stereocenters. The second-order valence-electron chi connectivity index (χ2n) is 8.66. The van der Waals surface area contributed by atoms with Crippen molar-refractivity contribution in [2.45, 2.75) is 25.8 Å². The largest absolute Gasteiger partial charge is 0.315 e. The predicted octanol–water partition coefficient (Wildman–Crippen LogP) is 1.66. The SMILES string of the molecule is c1ccc(-c2cc(-c3cn(CCCN4CCCNCCNCCCNCC4)nn3)ccn2)nc1. The smallest absolute Gasteiger partial charge is 0.113 e. The molecular weight excluding hydrogens is 426 g/mol. The lowest BCUT2D eigenvalue weighted by Gasteiger charge is -2.23. The monoisotopic (exact) mass is 463 g/mol. The number of pyridine rings is 2. The Morgan fingerprint density at radius 3 is 2.41 bits per heavy atom. The van der Waals surface area contributed by atoms with Gasteiger partial charge in [0.2, 0.25) is 0 Å². The van der Waals surface area contributed by atoms with Crippen LogP contribution in [0, 0.1) is 0 Å². The van der Waals surface area contributed by atoms with Gasteiger partial charge in [0.15, 0.2) is 0 Å². The van der Waals surface area contributed by atoms with Crippen molar-refractivity contribution in [1.82, 2.24) is 45.8 Å². The number of nitrogens with zero attached hydrogens (tertiary/aromatic N) is 6. The molecule has 9 nitrogen and oxygen atoms in total. The maximum atomic E-state index is 4.46. The summed E-state index contributed by atoms with van der Waals surface area (Å²) in [6.07, 6.45) is 9.02. The number of rotatable bonds is 6. The first-order valence-corrected chi connectivity index (χ1v) is 12.5. The van der Waals surface area contributed by atoms with E-state index in [2.05, 4.69) is 41.1 Å². The van der Waals surface area contributed by atoms with Crippen molar-refractivity contribution < 1.29 is 0 Å². The Morgan fingerprint density at radius 1 is 0.735 bits per heavy atom. The highest BCUT2D eigenvalue weighted by atomic mass is 15.4. The zero-order valence-corrected chi connectivity index (χ0v) is 20.0. The van der Waals surface area contributed by atoms with E-state index in [9.17, 15) is 0 Å². The molecule has 0 aromatic carbocycles. The average Bonchev–Trinajstić information content (AvgIpc) is 3.36. The molecule has 1 saturated heterocycles. The molecule has 0 radical (unpaired) electrons. The summed E-state index contributed by atoms with van der Waals surface area (Å²) in [5, 5.41) is 19.4. The van der Waals surface area contributed by atoms with Crippen LogP contribution in [-0.2, 0) is 6.54 Å². The van der Waals surface area contributed by atoms with E-state index in [1.807, 2.05) is 41.2 Å². The molecule has 3 N–H and O–H groups in total. The molecule has 0 spiro atoms. The molecule has 3 aromatic heterocycles. The van der Waals surface area contributed by atoms with Crippen LogP contribution in [0.1, 0.15) is 19.3 Å². The molecule has 0 saturated carbocycles. The number of aryl methyl sites for hydroxylation is 1. The van der Waals surface area contributed by atoms with Crippen molar-refractivity contribution in [3.63, 3.8) is 0 Å². The van der Waals surface area contributed by atoms with Crippen LogP contribution >= 0.6 is 0 Å². The number of hydrogen-bond acceptors (Lipinski definition) is 8. The van der Waals surface area contributed by atoms with E-state index in [1.165, 1.54) is 12.8 Å². The molecule has 182 valence electrons. The first-order valence-electron chi connectivity index (χ1n) is 12.5. The number of hydrogen-bond donors (Lipinski definition) is 3. The molecule has 4 rings (SSSR count). The van der Waals surface area contributed by atoms with Gasteiger partial charge >= 0.3 is 0 Å². The third-order valence-electron chi connectivity index (χ3n) is 6.00. The number of nitrogens with one attached hydrogen (secondary N) is 3. The molecule has 0 atom stereocenters. The predicted molar refractivity (Wildman–Crippen MR) is 135 cm³/mol. The van der Waals surface area contributed by atoms with E-state index in [-0.39, 0.29) is 0 Å². The fraction of sp³-hybridized carbons (Fsp3) is 0.520. The molecule has 0 bridgehead atoms. The molecule has 34 heavy (non-hydrogen) atoms. The lowest BCUT2D eigenvalue weighted by Crippen LogP contribution is -2.37. The molecule has 4 heterocycles. The van der Waals surface area contributed by atoms with E-state index in [0.29, 0.717) is 0 Å². The third-order valence-corrected chi connectivity index (χ3v) is 6.00. The van der Waals surface area contributed by atoms with Gasteiger partial charge in [-0.1, -0.05) is 11.3 Å². The Kier molecular flexibility index (Phi) is 9.95. The molecule has 3 aromatic rings. The van der Waals surface area contributed by atoms with Crippen LogP contribution in [-0.4, -0.2) is 88.8 Å². The van der Waals surface area contributed by atoms with Crippen molar-refractivity contribution >= 4 is 0 Å². The Bertz CT molecular complexity index is 946. The molecule has 1 aliphatic heterocycles. The van der Waals surface area contributed by atoms with Crippen molar-refractivity contribution in [2.75, 3.05) is 58.9 Å². The van der Waals surface area contributed by atoms with Crippen LogP contribution < -0.4 is 16.0 Å². The second kappa shape index (κ2) is 13.9. The minimum Gasteiger partial charge on any atom is -0.315 e. The summed E-state index contributed by atoms with van der Waals surface area (Å²) in [6.45, 7) is 10.5. The van der Waals surface area contributed by atoms with E-state index in [4.69, 9.17) is 0 Å².